The first-order valence-electron chi connectivity index (χ1n) is 37.4. The number of nitrogens with zero attached hydrogens (tertiary/aromatic N) is 8. The molecule has 0 radical (unpaired) electrons. The number of aliphatic imine (C=N–C) groups is 2. The molecule has 0 saturated heterocycles. The van der Waals surface area contributed by atoms with Crippen LogP contribution in [0.5, 0.6) is 0 Å². The molecule has 2 N–H and O–H groups in total. The predicted octanol–water partition coefficient (Wildman–Crippen LogP) is 27.7. The van der Waals surface area contributed by atoms with E-state index in [0.717, 1.165) is 157 Å². The summed E-state index contributed by atoms with van der Waals surface area (Å²) < 4.78 is 81.8. The molecule has 0 bridgehead atoms. The molecule has 2 aliphatic heterocycles. The van der Waals surface area contributed by atoms with Crippen LogP contribution < -0.4 is 20.4 Å². The zero-order valence-electron chi connectivity index (χ0n) is 62.2. The molecule has 4 heterocycles. The Bertz CT molecular complexity index is 6340. The number of anilines is 8. The highest BCUT2D eigenvalue weighted by Crippen LogP contribution is 2.47. The maximum atomic E-state index is 13.6. The van der Waals surface area contributed by atoms with Gasteiger partial charge in [0.25, 0.3) is 0 Å². The molecule has 556 valence electrons. The Hall–Kier alpha value is -15.3. The molecule has 10 nitrogen and oxygen atoms in total. The van der Waals surface area contributed by atoms with Crippen molar-refractivity contribution >= 4 is 102 Å². The van der Waals surface area contributed by atoms with Gasteiger partial charge in [0.2, 0.25) is 5.70 Å². The van der Waals surface area contributed by atoms with Gasteiger partial charge < -0.3 is 20.4 Å². The largest absolute Gasteiger partial charge is 0.416 e. The molecule has 0 atom stereocenters. The highest BCUT2D eigenvalue weighted by atomic mass is 19.4. The lowest BCUT2D eigenvalue weighted by Gasteiger charge is -2.26. The van der Waals surface area contributed by atoms with Crippen molar-refractivity contribution < 1.29 is 26.3 Å². The van der Waals surface area contributed by atoms with E-state index in [-0.39, 0.29) is 11.3 Å². The normalized spacial score (nSPS) is 13.1. The number of hydrogen-bond donors (Lipinski definition) is 2. The van der Waals surface area contributed by atoms with Gasteiger partial charge in [0.1, 0.15) is 11.7 Å². The quantitative estimate of drug-likeness (QED) is 0.0429. The molecular weight excluding hydrogens is 1460 g/mol. The third-order valence-electron chi connectivity index (χ3n) is 21.4. The highest BCUT2D eigenvalue weighted by Gasteiger charge is 2.33. The summed E-state index contributed by atoms with van der Waals surface area (Å²) in [5.74, 6) is 2.20. The van der Waals surface area contributed by atoms with E-state index in [4.69, 9.17) is 26.5 Å². The first kappa shape index (κ1) is 72.3. The van der Waals surface area contributed by atoms with Crippen LogP contribution in [0.25, 0.3) is 104 Å². The van der Waals surface area contributed by atoms with Crippen molar-refractivity contribution in [2.24, 2.45) is 9.98 Å². The summed E-state index contributed by atoms with van der Waals surface area (Å²) in [5.41, 5.74) is 20.9. The van der Waals surface area contributed by atoms with Gasteiger partial charge in [-0.15, -0.1) is 0 Å². The maximum Gasteiger partial charge on any atom is 0.416 e. The lowest BCUT2D eigenvalue weighted by Crippen LogP contribution is -2.10. The number of alkyl halides is 6. The van der Waals surface area contributed by atoms with Crippen molar-refractivity contribution in [2.75, 3.05) is 20.4 Å². The molecule has 14 aromatic carbocycles. The summed E-state index contributed by atoms with van der Waals surface area (Å²) in [4.78, 5) is 27.8. The molecule has 0 spiro atoms. The Morgan fingerprint density at radius 3 is 1.09 bits per heavy atom. The minimum atomic E-state index is -4.44. The number of amidine groups is 2. The van der Waals surface area contributed by atoms with E-state index in [2.05, 4.69) is 153 Å². The second-order valence-electron chi connectivity index (χ2n) is 28.4. The third kappa shape index (κ3) is 13.9. The smallest absolute Gasteiger partial charge is 0.339 e. The van der Waals surface area contributed by atoms with Crippen LogP contribution in [0.3, 0.4) is 0 Å². The van der Waals surface area contributed by atoms with Gasteiger partial charge in [-0.2, -0.15) is 31.6 Å². The molecule has 18 rings (SSSR count). The summed E-state index contributed by atoms with van der Waals surface area (Å²) in [6.07, 6.45) is -5.29. The van der Waals surface area contributed by atoms with Crippen molar-refractivity contribution in [3.8, 4) is 72.8 Å². The molecule has 16 heteroatoms. The highest BCUT2D eigenvalue weighted by molar-refractivity contribution is 6.29. The first-order chi connectivity index (χ1) is 56.5. The minimum absolute atomic E-state index is 0.203. The predicted molar refractivity (Wildman–Crippen MR) is 456 cm³/mol. The maximum absolute atomic E-state index is 13.6. The average Bonchev–Trinajstić information content (AvgIpc) is 1.58. The summed E-state index contributed by atoms with van der Waals surface area (Å²) in [6, 6.07) is 106. The number of aromatic nitrogens is 2. The first-order valence-corrected chi connectivity index (χ1v) is 37.4. The van der Waals surface area contributed by atoms with E-state index >= 15 is 0 Å². The van der Waals surface area contributed by atoms with E-state index in [1.54, 1.807) is 38.4 Å². The molecule has 0 aliphatic carbocycles. The van der Waals surface area contributed by atoms with Crippen LogP contribution in [0.1, 0.15) is 44.5 Å². The van der Waals surface area contributed by atoms with Gasteiger partial charge in [-0.3, -0.25) is 0 Å². The fourth-order valence-corrected chi connectivity index (χ4v) is 15.6. The number of allylic oxidation sites excluding steroid dienone is 1. The molecular formula is C100H64F6N10. The van der Waals surface area contributed by atoms with Crippen LogP contribution >= 0.6 is 0 Å². The molecule has 0 fully saturated rings. The number of aryl methyl sites for hydroxylation is 2. The van der Waals surface area contributed by atoms with Crippen molar-refractivity contribution in [3.63, 3.8) is 0 Å². The number of nitriles is 1. The second-order valence-corrected chi connectivity index (χ2v) is 28.4. The number of pyridine rings is 2. The summed E-state index contributed by atoms with van der Waals surface area (Å²) in [6.45, 7) is 12.0. The zero-order valence-corrected chi connectivity index (χ0v) is 62.2. The number of nitrogens with one attached hydrogen (secondary N) is 2. The van der Waals surface area contributed by atoms with Crippen LogP contribution in [0.15, 0.2) is 350 Å². The van der Waals surface area contributed by atoms with Gasteiger partial charge in [-0.25, -0.2) is 24.8 Å². The lowest BCUT2D eigenvalue weighted by atomic mass is 9.92. The number of benzene rings is 14. The van der Waals surface area contributed by atoms with Crippen LogP contribution in [0, 0.1) is 31.8 Å². The van der Waals surface area contributed by atoms with Crippen molar-refractivity contribution in [3.05, 3.63) is 396 Å². The van der Waals surface area contributed by atoms with Gasteiger partial charge in [0.15, 0.2) is 11.6 Å². The molecule has 0 unspecified atom stereocenters. The number of rotatable bonds is 16. The SMILES string of the molecule is [C-]#[N+]/C(=C(/C#N)c1ccc(N(c2ccc(-c3ccccc3)cc2)c2ccc(-c3ccc(N=C4Nc5ccc(-c6ccc(C(F)(F)F)cc6C)c6cccc4c56)nc3)cc2)cc1)c1ccc(N(c2ccc(-c3ccccc3)cc2)c2ccc(-c3ccc(N=C4Nc5cccc6c(-c7ccc(C(F)(F)F)cc7C)ccc4c56)nc3)cc2)cc1. The Balaban J connectivity index is 0.603. The van der Waals surface area contributed by atoms with Crippen LogP contribution in [0.4, 0.5) is 83.5 Å². The molecule has 0 amide bonds. The Kier molecular flexibility index (Phi) is 18.6. The van der Waals surface area contributed by atoms with Gasteiger partial charge in [-0.05, 0) is 242 Å². The molecule has 16 aromatic rings. The fourth-order valence-electron chi connectivity index (χ4n) is 15.6. The average molecular weight is 1520 g/mol. The molecule has 2 aromatic heterocycles. The zero-order chi connectivity index (χ0) is 79.3. The summed E-state index contributed by atoms with van der Waals surface area (Å²) in [5, 5.41) is 21.6. The van der Waals surface area contributed by atoms with Crippen LogP contribution in [0.2, 0.25) is 0 Å². The third-order valence-corrected chi connectivity index (χ3v) is 21.4. The van der Waals surface area contributed by atoms with E-state index in [1.165, 1.54) is 12.1 Å². The molecule has 2 aliphatic rings. The van der Waals surface area contributed by atoms with E-state index in [1.807, 2.05) is 170 Å². The monoisotopic (exact) mass is 1520 g/mol. The van der Waals surface area contributed by atoms with E-state index in [0.29, 0.717) is 45.6 Å². The Morgan fingerprint density at radius 1 is 0.362 bits per heavy atom. The van der Waals surface area contributed by atoms with E-state index in [9.17, 15) is 31.6 Å². The standard InChI is InChI=1S/C100H64F6N10/c1-61-56-73(99(101,102)103)34-48-81(61)83-50-51-88-95-86(83)17-11-19-90(95)111-98(88)114-93-55-33-72(60-110-93)68-26-42-78(43-27-68)116(76-38-22-66(23-39-76)64-14-8-5-9-15-64)80-46-30-70(31-47-80)96(108-3)89(58-107)69-28-44-79(45-29-69)115(75-36-20-65(21-37-75)63-12-6-4-7-13-63)77-40-24-67(25-41-77)71-32-54-92(109-59-71)113-97-87-18-10-16-85-84(52-53-91(112-97)94(85)87)82-49-35-74(57-62(82)2)100(104,105)106/h4-57,59-60H,1-2H3,(H,109,112,113)(H,110,111,114)/b96-89-. The van der Waals surface area contributed by atoms with Gasteiger partial charge in [0, 0.05) is 90.9 Å². The topological polar surface area (TPSA) is 109 Å². The van der Waals surface area contributed by atoms with Crippen LogP contribution in [-0.4, -0.2) is 21.6 Å². The van der Waals surface area contributed by atoms with E-state index < -0.39 is 23.5 Å². The Labute approximate surface area is 664 Å². The lowest BCUT2D eigenvalue weighted by molar-refractivity contribution is -0.138. The summed E-state index contributed by atoms with van der Waals surface area (Å²) >= 11 is 0. The van der Waals surface area contributed by atoms with Gasteiger partial charge in [0.05, 0.1) is 29.3 Å². The van der Waals surface area contributed by atoms with Crippen LogP contribution in [-0.2, 0) is 12.4 Å². The number of halogens is 6. The Morgan fingerprint density at radius 2 is 0.707 bits per heavy atom. The second kappa shape index (κ2) is 29.8. The van der Waals surface area contributed by atoms with Crippen molar-refractivity contribution in [2.45, 2.75) is 26.2 Å². The molecule has 116 heavy (non-hydrogen) atoms. The van der Waals surface area contributed by atoms with Crippen molar-refractivity contribution in [1.29, 1.82) is 5.26 Å². The molecule has 0 saturated carbocycles. The minimum Gasteiger partial charge on any atom is -0.339 e. The summed E-state index contributed by atoms with van der Waals surface area (Å²) in [7, 11) is 0. The van der Waals surface area contributed by atoms with Gasteiger partial charge in [-0.1, -0.05) is 188 Å². The fraction of sp³-hybridized carbons (Fsp3) is 0.0400. The number of hydrogen-bond acceptors (Lipinski definition) is 7. The van der Waals surface area contributed by atoms with Crippen molar-refractivity contribution in [1.82, 2.24) is 9.97 Å². The van der Waals surface area contributed by atoms with Gasteiger partial charge >= 0.3 is 12.4 Å².